The van der Waals surface area contributed by atoms with Gasteiger partial charge in [0.15, 0.2) is 0 Å². The molecule has 0 aliphatic rings. The van der Waals surface area contributed by atoms with Crippen molar-refractivity contribution >= 4 is 5.91 Å². The molecule has 4 heteroatoms. The van der Waals surface area contributed by atoms with Crippen LogP contribution in [0.2, 0.25) is 0 Å². The highest BCUT2D eigenvalue weighted by Crippen LogP contribution is 2.06. The number of pyridine rings is 1. The Kier molecular flexibility index (Phi) is 4.85. The highest BCUT2D eigenvalue weighted by molar-refractivity contribution is 5.95. The molecule has 0 radical (unpaired) electrons. The van der Waals surface area contributed by atoms with Crippen LogP contribution in [-0.4, -0.2) is 28.6 Å². The molecule has 1 heterocycles. The van der Waals surface area contributed by atoms with E-state index in [2.05, 4.69) is 10.3 Å². The summed E-state index contributed by atoms with van der Waals surface area (Å²) in [6.07, 6.45) is 2.25. The number of benzene rings is 1. The first-order valence-corrected chi connectivity index (χ1v) is 6.58. The number of aryl methyl sites for hydroxylation is 1. The summed E-state index contributed by atoms with van der Waals surface area (Å²) >= 11 is 0. The average molecular weight is 270 g/mol. The molecule has 0 aliphatic heterocycles. The van der Waals surface area contributed by atoms with E-state index in [-0.39, 0.29) is 18.6 Å². The van der Waals surface area contributed by atoms with Crippen LogP contribution in [0.5, 0.6) is 0 Å². The molecule has 0 spiro atoms. The Labute approximate surface area is 118 Å². The van der Waals surface area contributed by atoms with Crippen molar-refractivity contribution in [3.63, 3.8) is 0 Å². The van der Waals surface area contributed by atoms with Gasteiger partial charge in [-0.3, -0.25) is 9.78 Å². The second-order valence-electron chi connectivity index (χ2n) is 4.68. The number of carbonyl (C=O) groups is 1. The zero-order valence-corrected chi connectivity index (χ0v) is 11.4. The van der Waals surface area contributed by atoms with Crippen LogP contribution in [0.4, 0.5) is 0 Å². The van der Waals surface area contributed by atoms with E-state index in [0.29, 0.717) is 17.7 Å². The Morgan fingerprint density at radius 1 is 1.25 bits per heavy atom. The van der Waals surface area contributed by atoms with Crippen molar-refractivity contribution in [3.8, 4) is 0 Å². The van der Waals surface area contributed by atoms with Crippen LogP contribution >= 0.6 is 0 Å². The topological polar surface area (TPSA) is 62.2 Å². The number of aliphatic hydroxyl groups is 1. The number of aliphatic hydroxyl groups excluding tert-OH is 1. The van der Waals surface area contributed by atoms with E-state index < -0.39 is 0 Å². The smallest absolute Gasteiger partial charge is 0.253 e. The summed E-state index contributed by atoms with van der Waals surface area (Å²) in [5.74, 6) is -0.203. The number of hydrogen-bond acceptors (Lipinski definition) is 3. The molecular formula is C16H18N2O2. The zero-order valence-electron chi connectivity index (χ0n) is 11.4. The molecule has 20 heavy (non-hydrogen) atoms. The third-order valence-electron chi connectivity index (χ3n) is 3.13. The van der Waals surface area contributed by atoms with Crippen LogP contribution < -0.4 is 5.32 Å². The standard InChI is InChI=1S/C16H18N2O2/c1-12-15(8-5-9-17-12)16(20)18-14(11-19)10-13-6-3-2-4-7-13/h2-9,14,19H,10-11H2,1H3,(H,18,20). The number of aromatic nitrogens is 1. The van der Waals surface area contributed by atoms with E-state index in [9.17, 15) is 9.90 Å². The van der Waals surface area contributed by atoms with Gasteiger partial charge in [-0.2, -0.15) is 0 Å². The fourth-order valence-corrected chi connectivity index (χ4v) is 2.05. The van der Waals surface area contributed by atoms with Gasteiger partial charge in [0.1, 0.15) is 0 Å². The highest BCUT2D eigenvalue weighted by Gasteiger charge is 2.15. The molecule has 0 saturated heterocycles. The fraction of sp³-hybridized carbons (Fsp3) is 0.250. The molecule has 0 fully saturated rings. The van der Waals surface area contributed by atoms with E-state index in [1.54, 1.807) is 25.3 Å². The molecule has 1 amide bonds. The molecule has 2 aromatic rings. The SMILES string of the molecule is Cc1ncccc1C(=O)NC(CO)Cc1ccccc1. The van der Waals surface area contributed by atoms with Crippen molar-refractivity contribution in [2.45, 2.75) is 19.4 Å². The summed E-state index contributed by atoms with van der Waals surface area (Å²) in [5, 5.41) is 12.3. The molecule has 0 saturated carbocycles. The van der Waals surface area contributed by atoms with Gasteiger partial charge in [-0.15, -0.1) is 0 Å². The lowest BCUT2D eigenvalue weighted by Crippen LogP contribution is -2.39. The largest absolute Gasteiger partial charge is 0.394 e. The van der Waals surface area contributed by atoms with Crippen molar-refractivity contribution in [2.75, 3.05) is 6.61 Å². The van der Waals surface area contributed by atoms with E-state index in [1.165, 1.54) is 0 Å². The lowest BCUT2D eigenvalue weighted by Gasteiger charge is -2.17. The van der Waals surface area contributed by atoms with Gasteiger partial charge in [0.25, 0.3) is 5.91 Å². The number of amides is 1. The minimum atomic E-state index is -0.301. The van der Waals surface area contributed by atoms with Gasteiger partial charge in [-0.25, -0.2) is 0 Å². The van der Waals surface area contributed by atoms with E-state index >= 15 is 0 Å². The number of nitrogens with zero attached hydrogens (tertiary/aromatic N) is 1. The van der Waals surface area contributed by atoms with Crippen LogP contribution in [0.15, 0.2) is 48.7 Å². The number of hydrogen-bond donors (Lipinski definition) is 2. The van der Waals surface area contributed by atoms with Gasteiger partial charge in [0.05, 0.1) is 18.2 Å². The number of carbonyl (C=O) groups excluding carboxylic acids is 1. The summed E-state index contributed by atoms with van der Waals surface area (Å²) < 4.78 is 0. The van der Waals surface area contributed by atoms with Gasteiger partial charge in [0.2, 0.25) is 0 Å². The molecule has 2 N–H and O–H groups in total. The Bertz CT molecular complexity index is 570. The lowest BCUT2D eigenvalue weighted by molar-refractivity contribution is 0.0915. The molecule has 1 aromatic heterocycles. The Morgan fingerprint density at radius 2 is 2.00 bits per heavy atom. The third-order valence-corrected chi connectivity index (χ3v) is 3.13. The summed E-state index contributed by atoms with van der Waals surface area (Å²) in [5.41, 5.74) is 2.30. The summed E-state index contributed by atoms with van der Waals surface area (Å²) in [6, 6.07) is 12.9. The Hall–Kier alpha value is -2.20. The molecule has 1 unspecified atom stereocenters. The molecule has 1 aromatic carbocycles. The van der Waals surface area contributed by atoms with Crippen molar-refractivity contribution in [3.05, 3.63) is 65.5 Å². The van der Waals surface area contributed by atoms with Gasteiger partial charge in [-0.1, -0.05) is 30.3 Å². The van der Waals surface area contributed by atoms with Gasteiger partial charge >= 0.3 is 0 Å². The van der Waals surface area contributed by atoms with Crippen LogP contribution in [0, 0.1) is 6.92 Å². The predicted octanol–water partition coefficient (Wildman–Crippen LogP) is 1.72. The van der Waals surface area contributed by atoms with Crippen LogP contribution in [0.25, 0.3) is 0 Å². The first-order chi connectivity index (χ1) is 9.70. The maximum absolute atomic E-state index is 12.2. The average Bonchev–Trinajstić information content (AvgIpc) is 2.48. The fourth-order valence-electron chi connectivity index (χ4n) is 2.05. The van der Waals surface area contributed by atoms with E-state index in [1.807, 2.05) is 30.3 Å². The van der Waals surface area contributed by atoms with Crippen molar-refractivity contribution < 1.29 is 9.90 Å². The summed E-state index contributed by atoms with van der Waals surface area (Å²) in [6.45, 7) is 1.69. The first-order valence-electron chi connectivity index (χ1n) is 6.58. The molecule has 2 rings (SSSR count). The monoisotopic (exact) mass is 270 g/mol. The molecule has 0 bridgehead atoms. The molecule has 1 atom stereocenters. The Balaban J connectivity index is 2.03. The molecule has 4 nitrogen and oxygen atoms in total. The van der Waals surface area contributed by atoms with E-state index in [0.717, 1.165) is 5.56 Å². The first kappa shape index (κ1) is 14.2. The molecule has 0 aliphatic carbocycles. The predicted molar refractivity (Wildman–Crippen MR) is 77.5 cm³/mol. The quantitative estimate of drug-likeness (QED) is 0.869. The minimum absolute atomic E-state index is 0.0973. The van der Waals surface area contributed by atoms with Crippen molar-refractivity contribution in [1.29, 1.82) is 0 Å². The van der Waals surface area contributed by atoms with Crippen molar-refractivity contribution in [1.82, 2.24) is 10.3 Å². The third kappa shape index (κ3) is 3.65. The minimum Gasteiger partial charge on any atom is -0.394 e. The highest BCUT2D eigenvalue weighted by atomic mass is 16.3. The maximum Gasteiger partial charge on any atom is 0.253 e. The van der Waals surface area contributed by atoms with E-state index in [4.69, 9.17) is 0 Å². The molecular weight excluding hydrogens is 252 g/mol. The lowest BCUT2D eigenvalue weighted by atomic mass is 10.1. The second-order valence-corrected chi connectivity index (χ2v) is 4.68. The normalized spacial score (nSPS) is 11.9. The van der Waals surface area contributed by atoms with Crippen LogP contribution in [-0.2, 0) is 6.42 Å². The molecule has 104 valence electrons. The van der Waals surface area contributed by atoms with Crippen molar-refractivity contribution in [2.24, 2.45) is 0 Å². The van der Waals surface area contributed by atoms with Crippen LogP contribution in [0.3, 0.4) is 0 Å². The van der Waals surface area contributed by atoms with Gasteiger partial charge in [0, 0.05) is 11.9 Å². The Morgan fingerprint density at radius 3 is 2.65 bits per heavy atom. The number of nitrogens with one attached hydrogen (secondary N) is 1. The number of rotatable bonds is 5. The van der Waals surface area contributed by atoms with Gasteiger partial charge < -0.3 is 10.4 Å². The maximum atomic E-state index is 12.2. The van der Waals surface area contributed by atoms with Crippen LogP contribution in [0.1, 0.15) is 21.6 Å². The van der Waals surface area contributed by atoms with Gasteiger partial charge in [-0.05, 0) is 31.0 Å². The second kappa shape index (κ2) is 6.82. The summed E-state index contributed by atoms with van der Waals surface area (Å²) in [7, 11) is 0. The summed E-state index contributed by atoms with van der Waals surface area (Å²) in [4.78, 5) is 16.3. The zero-order chi connectivity index (χ0) is 14.4.